The summed E-state index contributed by atoms with van der Waals surface area (Å²) in [6.45, 7) is 4.05. The first kappa shape index (κ1) is 21.2. The molecule has 1 aromatic carbocycles. The standard InChI is InChI=1S/C22H30N6OS/c23-14-16-4-5-19-20(13-16)26-21(25-19)17-6-9-27(10-7-17)8-2-1-3-18(24)22(29)28-11-12-30-15-28/h4-5,13,17-18H,1-3,6-12,15,24H2,(H,25,26)/t18-/m0/s1. The number of benzene rings is 1. The number of aromatic amines is 1. The van der Waals surface area contributed by atoms with E-state index in [1.165, 1.54) is 0 Å². The van der Waals surface area contributed by atoms with Gasteiger partial charge in [-0.05, 0) is 63.5 Å². The van der Waals surface area contributed by atoms with Gasteiger partial charge >= 0.3 is 0 Å². The zero-order valence-corrected chi connectivity index (χ0v) is 18.2. The molecule has 2 aliphatic heterocycles. The number of piperidine rings is 1. The molecular formula is C22H30N6OS. The second-order valence-corrected chi connectivity index (χ2v) is 9.40. The predicted molar refractivity (Wildman–Crippen MR) is 120 cm³/mol. The van der Waals surface area contributed by atoms with Crippen LogP contribution in [0.4, 0.5) is 0 Å². The number of unbranched alkanes of at least 4 members (excludes halogenated alkanes) is 1. The number of nitrogens with zero attached hydrogens (tertiary/aromatic N) is 4. The van der Waals surface area contributed by atoms with Gasteiger partial charge in [0.1, 0.15) is 5.82 Å². The van der Waals surface area contributed by atoms with Crippen LogP contribution in [0.15, 0.2) is 18.2 Å². The van der Waals surface area contributed by atoms with Crippen LogP contribution < -0.4 is 5.73 Å². The number of fused-ring (bicyclic) bond motifs is 1. The predicted octanol–water partition coefficient (Wildman–Crippen LogP) is 2.64. The summed E-state index contributed by atoms with van der Waals surface area (Å²) in [5.74, 6) is 3.44. The van der Waals surface area contributed by atoms with E-state index < -0.39 is 0 Å². The van der Waals surface area contributed by atoms with Crippen LogP contribution >= 0.6 is 11.8 Å². The van der Waals surface area contributed by atoms with E-state index in [0.717, 1.165) is 86.8 Å². The molecule has 0 unspecified atom stereocenters. The van der Waals surface area contributed by atoms with Crippen molar-refractivity contribution in [1.82, 2.24) is 19.8 Å². The molecule has 2 fully saturated rings. The first-order chi connectivity index (χ1) is 14.6. The van der Waals surface area contributed by atoms with E-state index in [4.69, 9.17) is 16.0 Å². The van der Waals surface area contributed by atoms with Crippen molar-refractivity contribution in [2.24, 2.45) is 5.73 Å². The van der Waals surface area contributed by atoms with Gasteiger partial charge in [-0.3, -0.25) is 4.79 Å². The van der Waals surface area contributed by atoms with Crippen LogP contribution in [0, 0.1) is 11.3 Å². The van der Waals surface area contributed by atoms with E-state index in [1.807, 2.05) is 23.1 Å². The van der Waals surface area contributed by atoms with Crippen molar-refractivity contribution in [2.45, 2.75) is 44.1 Å². The number of thioether (sulfide) groups is 1. The number of H-pyrrole nitrogens is 1. The van der Waals surface area contributed by atoms with Crippen molar-refractivity contribution >= 4 is 28.7 Å². The molecule has 3 heterocycles. The molecule has 2 saturated heterocycles. The largest absolute Gasteiger partial charge is 0.342 e. The first-order valence-corrected chi connectivity index (χ1v) is 12.0. The van der Waals surface area contributed by atoms with E-state index in [-0.39, 0.29) is 11.9 Å². The summed E-state index contributed by atoms with van der Waals surface area (Å²) in [7, 11) is 0. The summed E-state index contributed by atoms with van der Waals surface area (Å²) in [4.78, 5) is 24.8. The smallest absolute Gasteiger partial charge is 0.240 e. The molecule has 2 aliphatic rings. The molecule has 8 heteroatoms. The molecule has 30 heavy (non-hydrogen) atoms. The number of amides is 1. The van der Waals surface area contributed by atoms with Gasteiger partial charge in [-0.2, -0.15) is 5.26 Å². The second kappa shape index (κ2) is 9.82. The number of carbonyl (C=O) groups is 1. The van der Waals surface area contributed by atoms with Crippen LogP contribution in [-0.4, -0.2) is 69.5 Å². The van der Waals surface area contributed by atoms with Crippen molar-refractivity contribution < 1.29 is 4.79 Å². The fourth-order valence-corrected chi connectivity index (χ4v) is 5.32. The monoisotopic (exact) mass is 426 g/mol. The number of hydrogen-bond donors (Lipinski definition) is 2. The fraction of sp³-hybridized carbons (Fsp3) is 0.591. The van der Waals surface area contributed by atoms with E-state index in [0.29, 0.717) is 11.5 Å². The molecule has 1 amide bonds. The number of nitriles is 1. The van der Waals surface area contributed by atoms with E-state index in [9.17, 15) is 4.79 Å². The molecule has 0 radical (unpaired) electrons. The zero-order valence-electron chi connectivity index (χ0n) is 17.3. The lowest BCUT2D eigenvalue weighted by Gasteiger charge is -2.31. The van der Waals surface area contributed by atoms with Crippen LogP contribution in [-0.2, 0) is 4.79 Å². The highest BCUT2D eigenvalue weighted by atomic mass is 32.2. The van der Waals surface area contributed by atoms with Gasteiger partial charge in [0.15, 0.2) is 0 Å². The highest BCUT2D eigenvalue weighted by molar-refractivity contribution is 7.99. The Hall–Kier alpha value is -2.08. The molecule has 0 aliphatic carbocycles. The van der Waals surface area contributed by atoms with E-state index >= 15 is 0 Å². The SMILES string of the molecule is N#Cc1ccc2nc(C3CCN(CCCC[C@H](N)C(=O)N4CCSC4)CC3)[nH]c2c1. The molecule has 1 aromatic heterocycles. The quantitative estimate of drug-likeness (QED) is 0.660. The normalized spacial score (nSPS) is 19.3. The minimum absolute atomic E-state index is 0.119. The number of likely N-dealkylation sites (tertiary alicyclic amines) is 1. The summed E-state index contributed by atoms with van der Waals surface area (Å²) in [5.41, 5.74) is 8.65. The van der Waals surface area contributed by atoms with Gasteiger partial charge in [-0.25, -0.2) is 4.98 Å². The number of nitrogens with two attached hydrogens (primary N) is 1. The Balaban J connectivity index is 1.18. The number of nitrogens with one attached hydrogen (secondary N) is 1. The summed E-state index contributed by atoms with van der Waals surface area (Å²) >= 11 is 1.80. The van der Waals surface area contributed by atoms with E-state index in [2.05, 4.69) is 16.0 Å². The van der Waals surface area contributed by atoms with Crippen LogP contribution in [0.1, 0.15) is 49.4 Å². The number of aromatic nitrogens is 2. The number of carbonyl (C=O) groups excluding carboxylic acids is 1. The number of imidazole rings is 1. The van der Waals surface area contributed by atoms with Crippen molar-refractivity contribution in [3.05, 3.63) is 29.6 Å². The Morgan fingerprint density at radius 2 is 2.17 bits per heavy atom. The Labute approximate surface area is 182 Å². The Kier molecular flexibility index (Phi) is 6.93. The molecule has 3 N–H and O–H groups in total. The minimum Gasteiger partial charge on any atom is -0.342 e. The van der Waals surface area contributed by atoms with Crippen molar-refractivity contribution in [3.63, 3.8) is 0 Å². The maximum Gasteiger partial charge on any atom is 0.240 e. The molecule has 160 valence electrons. The zero-order chi connectivity index (χ0) is 20.9. The van der Waals surface area contributed by atoms with Gasteiger partial charge in [0.25, 0.3) is 0 Å². The van der Waals surface area contributed by atoms with Gasteiger partial charge in [0.05, 0.1) is 34.6 Å². The van der Waals surface area contributed by atoms with Gasteiger partial charge in [-0.15, -0.1) is 11.8 Å². The highest BCUT2D eigenvalue weighted by Gasteiger charge is 2.25. The average molecular weight is 427 g/mol. The van der Waals surface area contributed by atoms with Gasteiger partial charge in [0.2, 0.25) is 5.91 Å². The third kappa shape index (κ3) is 4.97. The lowest BCUT2D eigenvalue weighted by molar-refractivity contribution is -0.131. The third-order valence-electron chi connectivity index (χ3n) is 6.22. The fourth-order valence-electron chi connectivity index (χ4n) is 4.37. The lowest BCUT2D eigenvalue weighted by atomic mass is 9.96. The molecule has 0 bridgehead atoms. The minimum atomic E-state index is -0.343. The Morgan fingerprint density at radius 3 is 2.90 bits per heavy atom. The van der Waals surface area contributed by atoms with Gasteiger partial charge < -0.3 is 20.5 Å². The number of rotatable bonds is 7. The highest BCUT2D eigenvalue weighted by Crippen LogP contribution is 2.28. The Morgan fingerprint density at radius 1 is 1.33 bits per heavy atom. The van der Waals surface area contributed by atoms with Crippen LogP contribution in [0.5, 0.6) is 0 Å². The first-order valence-electron chi connectivity index (χ1n) is 10.9. The molecule has 1 atom stereocenters. The Bertz CT molecular complexity index is 908. The maximum atomic E-state index is 12.3. The van der Waals surface area contributed by atoms with Gasteiger partial charge in [-0.1, -0.05) is 6.42 Å². The molecular weight excluding hydrogens is 396 g/mol. The molecule has 0 saturated carbocycles. The lowest BCUT2D eigenvalue weighted by Crippen LogP contribution is -2.42. The molecule has 4 rings (SSSR count). The summed E-state index contributed by atoms with van der Waals surface area (Å²) < 4.78 is 0. The summed E-state index contributed by atoms with van der Waals surface area (Å²) in [6.07, 6.45) is 5.05. The third-order valence-corrected chi connectivity index (χ3v) is 7.19. The second-order valence-electron chi connectivity index (χ2n) is 8.32. The van der Waals surface area contributed by atoms with E-state index in [1.54, 1.807) is 11.8 Å². The number of hydrogen-bond acceptors (Lipinski definition) is 6. The van der Waals surface area contributed by atoms with Crippen LogP contribution in [0.2, 0.25) is 0 Å². The van der Waals surface area contributed by atoms with Crippen molar-refractivity contribution in [2.75, 3.05) is 37.8 Å². The van der Waals surface area contributed by atoms with Gasteiger partial charge in [0, 0.05) is 18.2 Å². The molecule has 7 nitrogen and oxygen atoms in total. The van der Waals surface area contributed by atoms with Crippen molar-refractivity contribution in [1.29, 1.82) is 5.26 Å². The van der Waals surface area contributed by atoms with Crippen LogP contribution in [0.3, 0.4) is 0 Å². The molecule has 2 aromatic rings. The topological polar surface area (TPSA) is 102 Å². The summed E-state index contributed by atoms with van der Waals surface area (Å²) in [6, 6.07) is 7.45. The maximum absolute atomic E-state index is 12.3. The average Bonchev–Trinajstić information content (AvgIpc) is 3.46. The summed E-state index contributed by atoms with van der Waals surface area (Å²) in [5, 5.41) is 9.06. The van der Waals surface area contributed by atoms with Crippen LogP contribution in [0.25, 0.3) is 11.0 Å². The molecule has 0 spiro atoms. The van der Waals surface area contributed by atoms with Crippen molar-refractivity contribution in [3.8, 4) is 6.07 Å².